The van der Waals surface area contributed by atoms with Gasteiger partial charge in [0.15, 0.2) is 0 Å². The number of amides is 3. The van der Waals surface area contributed by atoms with Gasteiger partial charge in [-0.15, -0.1) is 0 Å². The van der Waals surface area contributed by atoms with Crippen LogP contribution >= 0.6 is 0 Å². The predicted octanol–water partition coefficient (Wildman–Crippen LogP) is 4.69. The highest BCUT2D eigenvalue weighted by Crippen LogP contribution is 2.14. The average molecular weight is 387 g/mol. The molecule has 0 heterocycles. The SMILES string of the molecule is CCCCCCCCCCCCCCCCCC(=O)N(CO)C(=O)NCO. The van der Waals surface area contributed by atoms with E-state index in [0.29, 0.717) is 0 Å². The van der Waals surface area contributed by atoms with Crippen LogP contribution in [0.3, 0.4) is 0 Å². The van der Waals surface area contributed by atoms with Crippen molar-refractivity contribution in [1.29, 1.82) is 0 Å². The van der Waals surface area contributed by atoms with Crippen molar-refractivity contribution in [2.24, 2.45) is 0 Å². The van der Waals surface area contributed by atoms with E-state index in [0.717, 1.165) is 24.2 Å². The monoisotopic (exact) mass is 386 g/mol. The highest BCUT2D eigenvalue weighted by Gasteiger charge is 2.19. The molecular formula is C21H42N2O4. The lowest BCUT2D eigenvalue weighted by Gasteiger charge is -2.17. The number of urea groups is 1. The van der Waals surface area contributed by atoms with Gasteiger partial charge in [-0.3, -0.25) is 4.79 Å². The van der Waals surface area contributed by atoms with Gasteiger partial charge < -0.3 is 15.5 Å². The van der Waals surface area contributed by atoms with Crippen molar-refractivity contribution in [3.63, 3.8) is 0 Å². The van der Waals surface area contributed by atoms with Crippen molar-refractivity contribution < 1.29 is 19.8 Å². The number of aliphatic hydroxyl groups excluding tert-OH is 2. The first kappa shape index (κ1) is 25.9. The summed E-state index contributed by atoms with van der Waals surface area (Å²) in [5, 5.41) is 19.8. The van der Waals surface area contributed by atoms with E-state index in [1.54, 1.807) is 0 Å². The van der Waals surface area contributed by atoms with Gasteiger partial charge in [0.1, 0.15) is 13.5 Å². The fraction of sp³-hybridized carbons (Fsp3) is 0.905. The van der Waals surface area contributed by atoms with Gasteiger partial charge in [0.2, 0.25) is 5.91 Å². The van der Waals surface area contributed by atoms with Crippen molar-refractivity contribution in [1.82, 2.24) is 10.2 Å². The minimum absolute atomic E-state index is 0.248. The third-order valence-corrected chi connectivity index (χ3v) is 4.91. The lowest BCUT2D eigenvalue weighted by Crippen LogP contribution is -2.44. The van der Waals surface area contributed by atoms with Crippen molar-refractivity contribution in [3.05, 3.63) is 0 Å². The van der Waals surface area contributed by atoms with Crippen LogP contribution in [-0.2, 0) is 4.79 Å². The highest BCUT2D eigenvalue weighted by atomic mass is 16.3. The van der Waals surface area contributed by atoms with Gasteiger partial charge in [-0.2, -0.15) is 0 Å². The number of carbonyl (C=O) groups is 2. The van der Waals surface area contributed by atoms with Gasteiger partial charge in [0, 0.05) is 6.42 Å². The summed E-state index contributed by atoms with van der Waals surface area (Å²) < 4.78 is 0. The van der Waals surface area contributed by atoms with E-state index in [1.807, 2.05) is 0 Å². The molecule has 0 aliphatic carbocycles. The standard InChI is InChI=1S/C21H42N2O4/c1-2-3-4-5-6-7-8-9-10-11-12-13-14-15-16-17-20(26)23(19-25)21(27)22-18-24/h24-25H,2-19H2,1H3,(H,22,27). The molecule has 0 bridgehead atoms. The van der Waals surface area contributed by atoms with Crippen LogP contribution < -0.4 is 5.32 Å². The normalized spacial score (nSPS) is 10.8. The molecule has 0 saturated heterocycles. The maximum Gasteiger partial charge on any atom is 0.327 e. The molecule has 0 fully saturated rings. The Morgan fingerprint density at radius 1 is 0.704 bits per heavy atom. The molecule has 6 heteroatoms. The Hall–Kier alpha value is -1.14. The van der Waals surface area contributed by atoms with E-state index in [-0.39, 0.29) is 6.42 Å². The molecule has 3 N–H and O–H groups in total. The quantitative estimate of drug-likeness (QED) is 0.235. The number of unbranched alkanes of at least 4 members (excludes halogenated alkanes) is 14. The molecule has 0 spiro atoms. The zero-order valence-corrected chi connectivity index (χ0v) is 17.4. The Morgan fingerprint density at radius 3 is 1.48 bits per heavy atom. The van der Waals surface area contributed by atoms with Crippen LogP contribution in [0.15, 0.2) is 0 Å². The third-order valence-electron chi connectivity index (χ3n) is 4.91. The van der Waals surface area contributed by atoms with Crippen LogP contribution in [0.25, 0.3) is 0 Å². The van der Waals surface area contributed by atoms with Crippen LogP contribution in [0.5, 0.6) is 0 Å². The van der Waals surface area contributed by atoms with Crippen LogP contribution in [0.4, 0.5) is 4.79 Å². The van der Waals surface area contributed by atoms with E-state index < -0.39 is 25.4 Å². The van der Waals surface area contributed by atoms with E-state index >= 15 is 0 Å². The molecule has 0 aliphatic rings. The minimum Gasteiger partial charge on any atom is -0.376 e. The second-order valence-corrected chi connectivity index (χ2v) is 7.30. The van der Waals surface area contributed by atoms with Gasteiger partial charge in [0.05, 0.1) is 0 Å². The summed E-state index contributed by atoms with van der Waals surface area (Å²) in [7, 11) is 0. The first-order chi connectivity index (χ1) is 13.2. The summed E-state index contributed by atoms with van der Waals surface area (Å²) in [6, 6.07) is -0.758. The molecular weight excluding hydrogens is 344 g/mol. The van der Waals surface area contributed by atoms with E-state index in [9.17, 15) is 9.59 Å². The Morgan fingerprint density at radius 2 is 1.11 bits per heavy atom. The fourth-order valence-corrected chi connectivity index (χ4v) is 3.20. The number of nitrogens with one attached hydrogen (secondary N) is 1. The molecule has 27 heavy (non-hydrogen) atoms. The van der Waals surface area contributed by atoms with Gasteiger partial charge >= 0.3 is 6.03 Å². The third kappa shape index (κ3) is 15.6. The summed E-state index contributed by atoms with van der Waals surface area (Å²) in [6.45, 7) is 1.04. The summed E-state index contributed by atoms with van der Waals surface area (Å²) in [5.74, 6) is -0.404. The van der Waals surface area contributed by atoms with Crippen molar-refractivity contribution in [2.75, 3.05) is 13.5 Å². The molecule has 0 aromatic carbocycles. The Labute approximate surface area is 165 Å². The summed E-state index contributed by atoms with van der Waals surface area (Å²) in [6.07, 6.45) is 19.1. The Balaban J connectivity index is 3.39. The van der Waals surface area contributed by atoms with E-state index in [2.05, 4.69) is 12.2 Å². The number of nitrogens with zero attached hydrogens (tertiary/aromatic N) is 1. The molecule has 6 nitrogen and oxygen atoms in total. The molecule has 0 aliphatic heterocycles. The number of hydrogen-bond donors (Lipinski definition) is 3. The van der Waals surface area contributed by atoms with Gasteiger partial charge in [-0.25, -0.2) is 9.69 Å². The molecule has 0 unspecified atom stereocenters. The van der Waals surface area contributed by atoms with Crippen LogP contribution in [0, 0.1) is 0 Å². The number of imide groups is 1. The van der Waals surface area contributed by atoms with E-state index in [4.69, 9.17) is 10.2 Å². The van der Waals surface area contributed by atoms with Crippen molar-refractivity contribution in [2.45, 2.75) is 110 Å². The van der Waals surface area contributed by atoms with Crippen LogP contribution in [0.2, 0.25) is 0 Å². The second-order valence-electron chi connectivity index (χ2n) is 7.30. The zero-order chi connectivity index (χ0) is 20.2. The Bertz CT molecular complexity index is 364. The number of carbonyl (C=O) groups excluding carboxylic acids is 2. The van der Waals surface area contributed by atoms with Crippen molar-refractivity contribution in [3.8, 4) is 0 Å². The van der Waals surface area contributed by atoms with E-state index in [1.165, 1.54) is 77.0 Å². The molecule has 0 atom stereocenters. The first-order valence-electron chi connectivity index (χ1n) is 11.0. The molecule has 0 rings (SSSR count). The van der Waals surface area contributed by atoms with Gasteiger partial charge in [0.25, 0.3) is 0 Å². The van der Waals surface area contributed by atoms with Crippen LogP contribution in [-0.4, -0.2) is 40.5 Å². The summed E-state index contributed by atoms with van der Waals surface area (Å²) in [5.41, 5.74) is 0. The largest absolute Gasteiger partial charge is 0.376 e. The molecule has 0 aromatic rings. The predicted molar refractivity (Wildman–Crippen MR) is 109 cm³/mol. The average Bonchev–Trinajstić information content (AvgIpc) is 2.65. The van der Waals surface area contributed by atoms with Crippen LogP contribution in [0.1, 0.15) is 110 Å². The molecule has 0 radical (unpaired) electrons. The lowest BCUT2D eigenvalue weighted by atomic mass is 10.0. The molecule has 0 aromatic heterocycles. The first-order valence-corrected chi connectivity index (χ1v) is 11.0. The smallest absolute Gasteiger partial charge is 0.327 e. The topological polar surface area (TPSA) is 89.9 Å². The maximum absolute atomic E-state index is 11.8. The highest BCUT2D eigenvalue weighted by molar-refractivity contribution is 5.94. The molecule has 160 valence electrons. The zero-order valence-electron chi connectivity index (χ0n) is 17.4. The molecule has 3 amide bonds. The van der Waals surface area contributed by atoms with Gasteiger partial charge in [-0.05, 0) is 6.42 Å². The van der Waals surface area contributed by atoms with Gasteiger partial charge in [-0.1, -0.05) is 96.8 Å². The fourth-order valence-electron chi connectivity index (χ4n) is 3.20. The Kier molecular flexibility index (Phi) is 18.8. The maximum atomic E-state index is 11.8. The summed E-state index contributed by atoms with van der Waals surface area (Å²) >= 11 is 0. The number of rotatable bonds is 18. The van der Waals surface area contributed by atoms with Crippen molar-refractivity contribution >= 4 is 11.9 Å². The minimum atomic E-state index is -0.758. The number of aliphatic hydroxyl groups is 2. The molecule has 0 saturated carbocycles. The number of hydrogen-bond acceptors (Lipinski definition) is 4. The lowest BCUT2D eigenvalue weighted by molar-refractivity contribution is -0.131. The second kappa shape index (κ2) is 19.6. The summed E-state index contributed by atoms with van der Waals surface area (Å²) in [4.78, 5) is 24.0.